The van der Waals surface area contributed by atoms with Crippen LogP contribution in [0.1, 0.15) is 26.3 Å². The Morgan fingerprint density at radius 3 is 2.40 bits per heavy atom. The number of rotatable bonds is 4. The Morgan fingerprint density at radius 1 is 1.25 bits per heavy atom. The molecule has 1 rings (SSSR count). The van der Waals surface area contributed by atoms with Gasteiger partial charge in [0.1, 0.15) is 0 Å². The molecule has 6 heteroatoms. The van der Waals surface area contributed by atoms with Gasteiger partial charge in [0.25, 0.3) is 0 Å². The smallest absolute Gasteiger partial charge is 0.239 e. The Bertz CT molecular complexity index is 440. The van der Waals surface area contributed by atoms with E-state index in [2.05, 4.69) is 15.6 Å². The molecule has 0 saturated heterocycles. The predicted octanol–water partition coefficient (Wildman–Crippen LogP) is 1.62. The monoisotopic (exact) mass is 390 g/mol. The van der Waals surface area contributed by atoms with E-state index >= 15 is 0 Å². The fourth-order valence-corrected chi connectivity index (χ4v) is 1.45. The van der Waals surface area contributed by atoms with Gasteiger partial charge in [-0.3, -0.25) is 4.79 Å². The molecular formula is C14H23IN4O. The molecule has 4 N–H and O–H groups in total. The molecule has 0 atom stereocenters. The average Bonchev–Trinajstić information content (AvgIpc) is 2.33. The summed E-state index contributed by atoms with van der Waals surface area (Å²) < 4.78 is 0. The quantitative estimate of drug-likeness (QED) is 0.415. The highest BCUT2D eigenvalue weighted by Crippen LogP contribution is 1.99. The molecule has 5 nitrogen and oxygen atoms in total. The van der Waals surface area contributed by atoms with E-state index in [0.29, 0.717) is 6.54 Å². The van der Waals surface area contributed by atoms with Crippen molar-refractivity contribution in [3.63, 3.8) is 0 Å². The summed E-state index contributed by atoms with van der Waals surface area (Å²) >= 11 is 0. The van der Waals surface area contributed by atoms with Crippen LogP contribution in [0, 0.1) is 0 Å². The highest BCUT2D eigenvalue weighted by Gasteiger charge is 2.13. The number of benzene rings is 1. The number of carbonyl (C=O) groups is 1. The lowest BCUT2D eigenvalue weighted by Crippen LogP contribution is -2.47. The Balaban J connectivity index is 0.00000361. The molecule has 1 amide bonds. The molecule has 0 aliphatic rings. The normalized spacial score (nSPS) is 11.4. The summed E-state index contributed by atoms with van der Waals surface area (Å²) in [5, 5.41) is 5.63. The number of hydrogen-bond acceptors (Lipinski definition) is 2. The van der Waals surface area contributed by atoms with Crippen LogP contribution in [0.2, 0.25) is 0 Å². The molecule has 0 bridgehead atoms. The summed E-state index contributed by atoms with van der Waals surface area (Å²) in [4.78, 5) is 15.7. The first kappa shape index (κ1) is 18.7. The molecule has 0 spiro atoms. The van der Waals surface area contributed by atoms with Crippen LogP contribution in [0.3, 0.4) is 0 Å². The van der Waals surface area contributed by atoms with Crippen molar-refractivity contribution in [3.05, 3.63) is 35.9 Å². The standard InChI is InChI=1S/C14H22N4O.HI/c1-14(2,3)18-12(19)10-17-13(15)16-9-11-7-5-4-6-8-11;/h4-8H,9-10H2,1-3H3,(H,18,19)(H3,15,16,17);1H. The Kier molecular flexibility index (Phi) is 8.21. The van der Waals surface area contributed by atoms with Crippen LogP contribution in [0.4, 0.5) is 0 Å². The third-order valence-electron chi connectivity index (χ3n) is 2.22. The van der Waals surface area contributed by atoms with Crippen molar-refractivity contribution in [3.8, 4) is 0 Å². The van der Waals surface area contributed by atoms with Gasteiger partial charge < -0.3 is 16.4 Å². The van der Waals surface area contributed by atoms with Crippen LogP contribution in [-0.4, -0.2) is 24.0 Å². The van der Waals surface area contributed by atoms with Crippen LogP contribution in [0.25, 0.3) is 0 Å². The summed E-state index contributed by atoms with van der Waals surface area (Å²) in [6.45, 7) is 6.41. The molecular weight excluding hydrogens is 367 g/mol. The molecule has 0 aliphatic heterocycles. The maximum absolute atomic E-state index is 11.6. The molecule has 112 valence electrons. The maximum Gasteiger partial charge on any atom is 0.239 e. The Hall–Kier alpha value is -1.31. The van der Waals surface area contributed by atoms with Gasteiger partial charge in [0.05, 0.1) is 13.1 Å². The molecule has 0 aliphatic carbocycles. The maximum atomic E-state index is 11.6. The van der Waals surface area contributed by atoms with Crippen LogP contribution in [0.15, 0.2) is 35.3 Å². The van der Waals surface area contributed by atoms with E-state index < -0.39 is 0 Å². The zero-order chi connectivity index (χ0) is 14.3. The molecule has 0 aromatic heterocycles. The van der Waals surface area contributed by atoms with E-state index in [0.717, 1.165) is 5.56 Å². The fraction of sp³-hybridized carbons (Fsp3) is 0.429. The molecule has 1 aromatic carbocycles. The fourth-order valence-electron chi connectivity index (χ4n) is 1.45. The molecule has 1 aromatic rings. The van der Waals surface area contributed by atoms with Gasteiger partial charge in [-0.15, -0.1) is 24.0 Å². The van der Waals surface area contributed by atoms with Gasteiger partial charge in [-0.25, -0.2) is 4.99 Å². The van der Waals surface area contributed by atoms with Crippen molar-refractivity contribution in [1.29, 1.82) is 0 Å². The number of amides is 1. The van der Waals surface area contributed by atoms with Crippen LogP contribution >= 0.6 is 24.0 Å². The second kappa shape index (κ2) is 8.78. The van der Waals surface area contributed by atoms with E-state index in [4.69, 9.17) is 5.73 Å². The van der Waals surface area contributed by atoms with Gasteiger partial charge in [0.2, 0.25) is 5.91 Å². The Morgan fingerprint density at radius 2 is 1.85 bits per heavy atom. The van der Waals surface area contributed by atoms with E-state index in [1.165, 1.54) is 0 Å². The number of aliphatic imine (C=N–C) groups is 1. The number of carbonyl (C=O) groups excluding carboxylic acids is 1. The second-order valence-corrected chi connectivity index (χ2v) is 5.34. The number of hydrogen-bond donors (Lipinski definition) is 3. The topological polar surface area (TPSA) is 79.5 Å². The van der Waals surface area contributed by atoms with Crippen molar-refractivity contribution < 1.29 is 4.79 Å². The highest BCUT2D eigenvalue weighted by atomic mass is 127. The van der Waals surface area contributed by atoms with Crippen molar-refractivity contribution in [1.82, 2.24) is 10.6 Å². The van der Waals surface area contributed by atoms with E-state index in [-0.39, 0.29) is 47.9 Å². The van der Waals surface area contributed by atoms with Crippen molar-refractivity contribution >= 4 is 35.8 Å². The van der Waals surface area contributed by atoms with E-state index in [9.17, 15) is 4.79 Å². The minimum absolute atomic E-state index is 0. The minimum Gasteiger partial charge on any atom is -0.370 e. The lowest BCUT2D eigenvalue weighted by molar-refractivity contribution is -0.121. The zero-order valence-electron chi connectivity index (χ0n) is 12.1. The van der Waals surface area contributed by atoms with E-state index in [1.807, 2.05) is 51.1 Å². The van der Waals surface area contributed by atoms with Gasteiger partial charge in [-0.1, -0.05) is 30.3 Å². The largest absolute Gasteiger partial charge is 0.370 e. The lowest BCUT2D eigenvalue weighted by atomic mass is 10.1. The third kappa shape index (κ3) is 8.73. The van der Waals surface area contributed by atoms with Crippen LogP contribution < -0.4 is 16.4 Å². The average molecular weight is 390 g/mol. The van der Waals surface area contributed by atoms with Crippen molar-refractivity contribution in [2.75, 3.05) is 6.54 Å². The number of nitrogens with zero attached hydrogens (tertiary/aromatic N) is 1. The molecule has 0 saturated carbocycles. The summed E-state index contributed by atoms with van der Waals surface area (Å²) in [7, 11) is 0. The first-order chi connectivity index (χ1) is 8.87. The predicted molar refractivity (Wildman–Crippen MR) is 93.1 cm³/mol. The van der Waals surface area contributed by atoms with E-state index in [1.54, 1.807) is 0 Å². The third-order valence-corrected chi connectivity index (χ3v) is 2.22. The number of nitrogens with two attached hydrogens (primary N) is 1. The summed E-state index contributed by atoms with van der Waals surface area (Å²) in [5.41, 5.74) is 6.53. The van der Waals surface area contributed by atoms with Gasteiger partial charge >= 0.3 is 0 Å². The number of nitrogens with one attached hydrogen (secondary N) is 2. The Labute approximate surface area is 137 Å². The number of halogens is 1. The summed E-state index contributed by atoms with van der Waals surface area (Å²) in [5.74, 6) is 0.165. The first-order valence-electron chi connectivity index (χ1n) is 6.25. The summed E-state index contributed by atoms with van der Waals surface area (Å²) in [6.07, 6.45) is 0. The van der Waals surface area contributed by atoms with Crippen LogP contribution in [-0.2, 0) is 11.3 Å². The molecule has 0 fully saturated rings. The molecule has 20 heavy (non-hydrogen) atoms. The molecule has 0 heterocycles. The van der Waals surface area contributed by atoms with Crippen molar-refractivity contribution in [2.45, 2.75) is 32.9 Å². The number of guanidine groups is 1. The first-order valence-corrected chi connectivity index (χ1v) is 6.25. The van der Waals surface area contributed by atoms with Crippen molar-refractivity contribution in [2.24, 2.45) is 10.7 Å². The lowest BCUT2D eigenvalue weighted by Gasteiger charge is -2.20. The zero-order valence-corrected chi connectivity index (χ0v) is 14.5. The van der Waals surface area contributed by atoms with Gasteiger partial charge in [-0.2, -0.15) is 0 Å². The highest BCUT2D eigenvalue weighted by molar-refractivity contribution is 14.0. The van der Waals surface area contributed by atoms with Crippen LogP contribution in [0.5, 0.6) is 0 Å². The molecule has 0 unspecified atom stereocenters. The SMILES string of the molecule is CC(C)(C)NC(=O)CNC(N)=NCc1ccccc1.I. The van der Waals surface area contributed by atoms with Gasteiger partial charge in [0, 0.05) is 5.54 Å². The van der Waals surface area contributed by atoms with Gasteiger partial charge in [0.15, 0.2) is 5.96 Å². The minimum atomic E-state index is -0.241. The summed E-state index contributed by atoms with van der Waals surface area (Å²) in [6, 6.07) is 9.80. The molecule has 0 radical (unpaired) electrons. The second-order valence-electron chi connectivity index (χ2n) is 5.34. The van der Waals surface area contributed by atoms with Gasteiger partial charge in [-0.05, 0) is 26.3 Å².